The number of hydrogen-bond acceptors (Lipinski definition) is 4. The van der Waals surface area contributed by atoms with Crippen LogP contribution in [-0.4, -0.2) is 23.5 Å². The molecule has 0 aliphatic rings. The third-order valence-electron chi connectivity index (χ3n) is 2.67. The summed E-state index contributed by atoms with van der Waals surface area (Å²) < 4.78 is 26.7. The molecule has 0 aliphatic carbocycles. The van der Waals surface area contributed by atoms with Crippen LogP contribution in [0.3, 0.4) is 0 Å². The first-order valence-corrected chi connectivity index (χ1v) is 7.16. The van der Waals surface area contributed by atoms with Crippen molar-refractivity contribution in [1.82, 2.24) is 9.97 Å². The number of H-pyrrole nitrogens is 1. The zero-order valence-corrected chi connectivity index (χ0v) is 11.5. The number of aryl methyl sites for hydroxylation is 2. The van der Waals surface area contributed by atoms with Crippen LogP contribution in [0.5, 0.6) is 0 Å². The van der Waals surface area contributed by atoms with Crippen LogP contribution in [-0.2, 0) is 16.6 Å². The van der Waals surface area contributed by atoms with Crippen molar-refractivity contribution in [2.45, 2.75) is 25.3 Å². The first-order chi connectivity index (χ1) is 8.92. The lowest BCUT2D eigenvalue weighted by molar-refractivity contribution is 0.277. The molecule has 0 unspecified atom stereocenters. The van der Waals surface area contributed by atoms with Crippen molar-refractivity contribution in [1.29, 1.82) is 0 Å². The minimum absolute atomic E-state index is 0.0801. The van der Waals surface area contributed by atoms with E-state index < -0.39 is 10.0 Å². The molecular weight excluding hydrogens is 266 g/mol. The van der Waals surface area contributed by atoms with Crippen LogP contribution in [0.2, 0.25) is 0 Å². The fraction of sp³-hybridized carbons (Fsp3) is 0.250. The summed E-state index contributed by atoms with van der Waals surface area (Å²) in [6.07, 6.45) is 1.34. The lowest BCUT2D eigenvalue weighted by Gasteiger charge is -2.09. The molecule has 2 aromatic rings. The number of aromatic amines is 1. The molecule has 2 aromatic heterocycles. The average molecular weight is 281 g/mol. The van der Waals surface area contributed by atoms with Crippen LogP contribution < -0.4 is 4.72 Å². The van der Waals surface area contributed by atoms with Crippen LogP contribution in [0.4, 0.5) is 5.69 Å². The predicted molar refractivity (Wildman–Crippen MR) is 71.2 cm³/mol. The van der Waals surface area contributed by atoms with Gasteiger partial charge in [-0.25, -0.2) is 8.42 Å². The lowest BCUT2D eigenvalue weighted by atomic mass is 10.3. The zero-order valence-electron chi connectivity index (χ0n) is 10.6. The van der Waals surface area contributed by atoms with Gasteiger partial charge in [-0.1, -0.05) is 0 Å². The summed E-state index contributed by atoms with van der Waals surface area (Å²) in [7, 11) is -3.67. The number of sulfonamides is 1. The van der Waals surface area contributed by atoms with Crippen LogP contribution >= 0.6 is 0 Å². The molecule has 0 amide bonds. The van der Waals surface area contributed by atoms with Crippen LogP contribution in [0, 0.1) is 13.8 Å². The van der Waals surface area contributed by atoms with E-state index in [1.807, 2.05) is 6.92 Å². The van der Waals surface area contributed by atoms with E-state index >= 15 is 0 Å². The Balaban J connectivity index is 2.30. The van der Waals surface area contributed by atoms with Gasteiger partial charge in [-0.05, 0) is 32.0 Å². The number of aliphatic hydroxyl groups is 1. The molecule has 0 aliphatic heterocycles. The Morgan fingerprint density at radius 2 is 2.11 bits per heavy atom. The molecule has 6 nitrogen and oxygen atoms in total. The molecule has 0 fully saturated rings. The minimum atomic E-state index is -3.67. The van der Waals surface area contributed by atoms with Gasteiger partial charge in [0.1, 0.15) is 4.90 Å². The number of anilines is 1. The Hall–Kier alpha value is -1.86. The molecule has 2 heterocycles. The van der Waals surface area contributed by atoms with Gasteiger partial charge >= 0.3 is 0 Å². The quantitative estimate of drug-likeness (QED) is 0.787. The molecule has 0 radical (unpaired) electrons. The van der Waals surface area contributed by atoms with Crippen molar-refractivity contribution in [3.05, 3.63) is 41.5 Å². The standard InChI is InChI=1S/C12H15N3O3S/c1-8-3-4-12(9(2)14-8)15-19(17,18)11-5-10(7-16)13-6-11/h3-6,13,15-16H,7H2,1-2H3. The fourth-order valence-corrected chi connectivity index (χ4v) is 2.80. The second kappa shape index (κ2) is 5.02. The maximum absolute atomic E-state index is 12.1. The van der Waals surface area contributed by atoms with Crippen LogP contribution in [0.1, 0.15) is 17.1 Å². The number of hydrogen-bond donors (Lipinski definition) is 3. The van der Waals surface area contributed by atoms with Crippen LogP contribution in [0.25, 0.3) is 0 Å². The monoisotopic (exact) mass is 281 g/mol. The van der Waals surface area contributed by atoms with Gasteiger partial charge in [-0.2, -0.15) is 0 Å². The molecule has 0 saturated carbocycles. The lowest BCUT2D eigenvalue weighted by Crippen LogP contribution is -2.13. The highest BCUT2D eigenvalue weighted by Gasteiger charge is 2.17. The minimum Gasteiger partial charge on any atom is -0.390 e. The van der Waals surface area contributed by atoms with E-state index in [1.54, 1.807) is 19.1 Å². The summed E-state index contributed by atoms with van der Waals surface area (Å²) in [5.41, 5.74) is 2.32. The second-order valence-corrected chi connectivity index (χ2v) is 5.89. The van der Waals surface area contributed by atoms with Gasteiger partial charge in [-0.3, -0.25) is 9.71 Å². The molecule has 0 bridgehead atoms. The van der Waals surface area contributed by atoms with Crippen molar-refractivity contribution in [3.63, 3.8) is 0 Å². The van der Waals surface area contributed by atoms with E-state index in [0.717, 1.165) is 5.69 Å². The van der Waals surface area contributed by atoms with Crippen molar-refractivity contribution >= 4 is 15.7 Å². The summed E-state index contributed by atoms with van der Waals surface area (Å²) in [4.78, 5) is 6.96. The Morgan fingerprint density at radius 3 is 2.68 bits per heavy atom. The molecule has 19 heavy (non-hydrogen) atoms. The Bertz CT molecular complexity index is 692. The molecule has 2 rings (SSSR count). The van der Waals surface area contributed by atoms with E-state index in [4.69, 9.17) is 5.11 Å². The SMILES string of the molecule is Cc1ccc(NS(=O)(=O)c2c[nH]c(CO)c2)c(C)n1. The number of nitrogens with one attached hydrogen (secondary N) is 2. The molecular formula is C12H15N3O3S. The molecule has 0 aromatic carbocycles. The first kappa shape index (κ1) is 13.6. The topological polar surface area (TPSA) is 95.1 Å². The highest BCUT2D eigenvalue weighted by atomic mass is 32.2. The number of aliphatic hydroxyl groups excluding tert-OH is 1. The molecule has 7 heteroatoms. The fourth-order valence-electron chi connectivity index (χ4n) is 1.66. The van der Waals surface area contributed by atoms with Gasteiger partial charge in [-0.15, -0.1) is 0 Å². The van der Waals surface area contributed by atoms with E-state index in [2.05, 4.69) is 14.7 Å². The average Bonchev–Trinajstić information content (AvgIpc) is 2.82. The molecule has 3 N–H and O–H groups in total. The molecule has 102 valence electrons. The molecule has 0 atom stereocenters. The Morgan fingerprint density at radius 1 is 1.37 bits per heavy atom. The molecule has 0 spiro atoms. The maximum Gasteiger partial charge on any atom is 0.263 e. The number of rotatable bonds is 4. The number of pyridine rings is 1. The highest BCUT2D eigenvalue weighted by Crippen LogP contribution is 2.19. The Kier molecular flexibility index (Phi) is 3.59. The smallest absolute Gasteiger partial charge is 0.263 e. The van der Waals surface area contributed by atoms with Crippen molar-refractivity contribution in [3.8, 4) is 0 Å². The first-order valence-electron chi connectivity index (χ1n) is 5.67. The Labute approximate surface area is 111 Å². The maximum atomic E-state index is 12.1. The summed E-state index contributed by atoms with van der Waals surface area (Å²) in [6, 6.07) is 4.80. The molecule has 0 saturated heterocycles. The third kappa shape index (κ3) is 2.94. The second-order valence-electron chi connectivity index (χ2n) is 4.21. The van der Waals surface area contributed by atoms with E-state index in [0.29, 0.717) is 17.1 Å². The van der Waals surface area contributed by atoms with Gasteiger partial charge < -0.3 is 10.1 Å². The van der Waals surface area contributed by atoms with E-state index in [9.17, 15) is 8.42 Å². The van der Waals surface area contributed by atoms with Crippen molar-refractivity contribution < 1.29 is 13.5 Å². The summed E-state index contributed by atoms with van der Waals surface area (Å²) in [5, 5.41) is 8.92. The van der Waals surface area contributed by atoms with Crippen molar-refractivity contribution in [2.75, 3.05) is 4.72 Å². The third-order valence-corrected chi connectivity index (χ3v) is 4.01. The van der Waals surface area contributed by atoms with Crippen LogP contribution in [0.15, 0.2) is 29.3 Å². The highest BCUT2D eigenvalue weighted by molar-refractivity contribution is 7.92. The van der Waals surface area contributed by atoms with Gasteiger partial charge in [0.15, 0.2) is 0 Å². The van der Waals surface area contributed by atoms with Gasteiger partial charge in [0, 0.05) is 17.6 Å². The van der Waals surface area contributed by atoms with Gasteiger partial charge in [0.05, 0.1) is 18.0 Å². The van der Waals surface area contributed by atoms with E-state index in [1.165, 1.54) is 12.3 Å². The summed E-state index contributed by atoms with van der Waals surface area (Å²) >= 11 is 0. The van der Waals surface area contributed by atoms with Gasteiger partial charge in [0.2, 0.25) is 0 Å². The summed E-state index contributed by atoms with van der Waals surface area (Å²) in [5.74, 6) is 0. The largest absolute Gasteiger partial charge is 0.390 e. The zero-order chi connectivity index (χ0) is 14.0. The van der Waals surface area contributed by atoms with E-state index in [-0.39, 0.29) is 11.5 Å². The number of aromatic nitrogens is 2. The van der Waals surface area contributed by atoms with Gasteiger partial charge in [0.25, 0.3) is 10.0 Å². The predicted octanol–water partition coefficient (Wildman–Crippen LogP) is 1.32. The summed E-state index contributed by atoms with van der Waals surface area (Å²) in [6.45, 7) is 3.34. The van der Waals surface area contributed by atoms with Crippen molar-refractivity contribution in [2.24, 2.45) is 0 Å². The number of nitrogens with zero attached hydrogens (tertiary/aromatic N) is 1. The normalized spacial score (nSPS) is 11.5.